The molecule has 70 valence electrons. The lowest BCUT2D eigenvalue weighted by molar-refractivity contribution is 0.0631. The molecule has 1 aromatic rings. The van der Waals surface area contributed by atoms with E-state index in [1.54, 1.807) is 30.0 Å². The van der Waals surface area contributed by atoms with Crippen molar-refractivity contribution < 1.29 is 10.2 Å². The van der Waals surface area contributed by atoms with E-state index in [-0.39, 0.29) is 5.75 Å². The van der Waals surface area contributed by atoms with Crippen molar-refractivity contribution in [2.24, 2.45) is 0 Å². The average molecular weight is 196 g/mol. The largest absolute Gasteiger partial charge is 0.508 e. The van der Waals surface area contributed by atoms with Gasteiger partial charge in [0.2, 0.25) is 0 Å². The van der Waals surface area contributed by atoms with Crippen molar-refractivity contribution in [1.82, 2.24) is 0 Å². The number of thioether (sulfide) groups is 1. The Morgan fingerprint density at radius 2 is 2.08 bits per heavy atom. The van der Waals surface area contributed by atoms with Gasteiger partial charge in [0, 0.05) is 11.3 Å². The van der Waals surface area contributed by atoms with Gasteiger partial charge in [0.15, 0.2) is 0 Å². The zero-order valence-corrected chi connectivity index (χ0v) is 8.05. The van der Waals surface area contributed by atoms with Gasteiger partial charge in [0.1, 0.15) is 11.4 Å². The second-order valence-corrected chi connectivity index (χ2v) is 4.46. The van der Waals surface area contributed by atoms with Crippen molar-refractivity contribution in [3.8, 4) is 5.75 Å². The van der Waals surface area contributed by atoms with E-state index in [9.17, 15) is 10.2 Å². The molecule has 0 aliphatic carbocycles. The van der Waals surface area contributed by atoms with Crippen LogP contribution in [0.3, 0.4) is 0 Å². The first-order chi connectivity index (χ1) is 6.22. The van der Waals surface area contributed by atoms with Gasteiger partial charge in [-0.15, -0.1) is 0 Å². The average Bonchev–Trinajstić information content (AvgIpc) is 2.54. The molecule has 3 heteroatoms. The fourth-order valence-electron chi connectivity index (χ4n) is 1.63. The summed E-state index contributed by atoms with van der Waals surface area (Å²) in [6, 6.07) is 7.03. The Balaban J connectivity index is 2.39. The van der Waals surface area contributed by atoms with Gasteiger partial charge in [0.25, 0.3) is 0 Å². The molecule has 0 bridgehead atoms. The summed E-state index contributed by atoms with van der Waals surface area (Å²) in [6.07, 6.45) is 0.731. The fourth-order valence-corrected chi connectivity index (χ4v) is 2.90. The minimum Gasteiger partial charge on any atom is -0.508 e. The van der Waals surface area contributed by atoms with E-state index in [2.05, 4.69) is 0 Å². The van der Waals surface area contributed by atoms with Gasteiger partial charge in [-0.05, 0) is 18.2 Å². The van der Waals surface area contributed by atoms with Gasteiger partial charge in [-0.1, -0.05) is 18.2 Å². The van der Waals surface area contributed by atoms with E-state index in [0.717, 1.165) is 12.2 Å². The van der Waals surface area contributed by atoms with Crippen LogP contribution in [0, 0.1) is 0 Å². The van der Waals surface area contributed by atoms with Gasteiger partial charge in [-0.2, -0.15) is 11.8 Å². The third-order valence-electron chi connectivity index (χ3n) is 2.41. The zero-order chi connectivity index (χ0) is 9.31. The molecule has 0 radical (unpaired) electrons. The summed E-state index contributed by atoms with van der Waals surface area (Å²) >= 11 is 1.72. The second-order valence-electron chi connectivity index (χ2n) is 3.35. The molecule has 1 aliphatic rings. The highest BCUT2D eigenvalue weighted by molar-refractivity contribution is 7.99. The van der Waals surface area contributed by atoms with Gasteiger partial charge in [-0.3, -0.25) is 0 Å². The van der Waals surface area contributed by atoms with Crippen LogP contribution in [0.4, 0.5) is 0 Å². The molecule has 2 rings (SSSR count). The van der Waals surface area contributed by atoms with Gasteiger partial charge in [-0.25, -0.2) is 0 Å². The third kappa shape index (κ3) is 1.54. The maximum atomic E-state index is 10.2. The van der Waals surface area contributed by atoms with Crippen LogP contribution in [0.15, 0.2) is 24.3 Å². The standard InChI is InChI=1S/C10H12O2S/c11-9-4-2-1-3-8(9)10(12)5-6-13-7-10/h1-4,11-12H,5-7H2. The monoisotopic (exact) mass is 196 g/mol. The minimum atomic E-state index is -0.810. The summed E-state index contributed by atoms with van der Waals surface area (Å²) < 4.78 is 0. The molecule has 0 aromatic heterocycles. The van der Waals surface area contributed by atoms with Crippen LogP contribution in [-0.2, 0) is 5.60 Å². The number of phenols is 1. The van der Waals surface area contributed by atoms with E-state index in [1.165, 1.54) is 0 Å². The van der Waals surface area contributed by atoms with Crippen molar-refractivity contribution in [2.75, 3.05) is 11.5 Å². The first-order valence-electron chi connectivity index (χ1n) is 4.31. The summed E-state index contributed by atoms with van der Waals surface area (Å²) in [5.74, 6) is 1.85. The van der Waals surface area contributed by atoms with E-state index in [4.69, 9.17) is 0 Å². The van der Waals surface area contributed by atoms with E-state index < -0.39 is 5.60 Å². The molecule has 1 aliphatic heterocycles. The number of phenolic OH excluding ortho intramolecular Hbond substituents is 1. The lowest BCUT2D eigenvalue weighted by atomic mass is 9.93. The highest BCUT2D eigenvalue weighted by Crippen LogP contribution is 2.40. The molecule has 0 saturated carbocycles. The molecular weight excluding hydrogens is 184 g/mol. The molecule has 1 fully saturated rings. The first-order valence-corrected chi connectivity index (χ1v) is 5.46. The van der Waals surface area contributed by atoms with Crippen LogP contribution in [0.5, 0.6) is 5.75 Å². The van der Waals surface area contributed by atoms with Gasteiger partial charge < -0.3 is 10.2 Å². The topological polar surface area (TPSA) is 40.5 Å². The molecule has 1 aromatic carbocycles. The third-order valence-corrected chi connectivity index (χ3v) is 3.58. The SMILES string of the molecule is Oc1ccccc1C1(O)CCSC1. The van der Waals surface area contributed by atoms with E-state index in [1.807, 2.05) is 6.07 Å². The lowest BCUT2D eigenvalue weighted by Gasteiger charge is -2.22. The zero-order valence-electron chi connectivity index (χ0n) is 7.23. The van der Waals surface area contributed by atoms with Gasteiger partial charge >= 0.3 is 0 Å². The normalized spacial score (nSPS) is 27.8. The van der Waals surface area contributed by atoms with Crippen molar-refractivity contribution in [3.05, 3.63) is 29.8 Å². The molecule has 2 N–H and O–H groups in total. The van der Waals surface area contributed by atoms with Crippen LogP contribution in [-0.4, -0.2) is 21.7 Å². The predicted octanol–water partition coefficient (Wildman–Crippen LogP) is 1.72. The van der Waals surface area contributed by atoms with Crippen LogP contribution in [0.2, 0.25) is 0 Å². The first kappa shape index (κ1) is 8.91. The minimum absolute atomic E-state index is 0.201. The van der Waals surface area contributed by atoms with Crippen molar-refractivity contribution >= 4 is 11.8 Å². The number of hydrogen-bond acceptors (Lipinski definition) is 3. The fraction of sp³-hybridized carbons (Fsp3) is 0.400. The molecule has 1 saturated heterocycles. The molecule has 0 amide bonds. The summed E-state index contributed by atoms with van der Waals surface area (Å²) in [6.45, 7) is 0. The smallest absolute Gasteiger partial charge is 0.121 e. The highest BCUT2D eigenvalue weighted by Gasteiger charge is 2.35. The summed E-state index contributed by atoms with van der Waals surface area (Å²) in [7, 11) is 0. The van der Waals surface area contributed by atoms with Crippen LogP contribution < -0.4 is 0 Å². The highest BCUT2D eigenvalue weighted by atomic mass is 32.2. The van der Waals surface area contributed by atoms with Crippen LogP contribution in [0.1, 0.15) is 12.0 Å². The molecular formula is C10H12O2S. The summed E-state index contributed by atoms with van der Waals surface area (Å²) in [5, 5.41) is 19.7. The lowest BCUT2D eigenvalue weighted by Crippen LogP contribution is -2.24. The number of aromatic hydroxyl groups is 1. The Hall–Kier alpha value is -0.670. The number of rotatable bonds is 1. The summed E-state index contributed by atoms with van der Waals surface area (Å²) in [4.78, 5) is 0. The molecule has 0 spiro atoms. The maximum absolute atomic E-state index is 10.2. The van der Waals surface area contributed by atoms with Crippen molar-refractivity contribution in [2.45, 2.75) is 12.0 Å². The quantitative estimate of drug-likeness (QED) is 0.718. The Morgan fingerprint density at radius 3 is 2.69 bits per heavy atom. The maximum Gasteiger partial charge on any atom is 0.121 e. The Bertz CT molecular complexity index is 306. The molecule has 1 heterocycles. The molecule has 2 nitrogen and oxygen atoms in total. The Labute approximate surface area is 81.6 Å². The second kappa shape index (κ2) is 3.24. The van der Waals surface area contributed by atoms with Gasteiger partial charge in [0.05, 0.1) is 0 Å². The Kier molecular flexibility index (Phi) is 2.22. The molecule has 13 heavy (non-hydrogen) atoms. The number of benzene rings is 1. The van der Waals surface area contributed by atoms with Crippen molar-refractivity contribution in [3.63, 3.8) is 0 Å². The van der Waals surface area contributed by atoms with E-state index in [0.29, 0.717) is 11.3 Å². The van der Waals surface area contributed by atoms with Crippen LogP contribution in [0.25, 0.3) is 0 Å². The molecule has 1 unspecified atom stereocenters. The summed E-state index contributed by atoms with van der Waals surface area (Å²) in [5.41, 5.74) is -0.143. The number of para-hydroxylation sites is 1. The molecule has 1 atom stereocenters. The van der Waals surface area contributed by atoms with E-state index >= 15 is 0 Å². The predicted molar refractivity (Wildman–Crippen MR) is 53.9 cm³/mol. The number of hydrogen-bond donors (Lipinski definition) is 2. The number of aliphatic hydroxyl groups is 1. The van der Waals surface area contributed by atoms with Crippen molar-refractivity contribution in [1.29, 1.82) is 0 Å². The Morgan fingerprint density at radius 1 is 1.31 bits per heavy atom. The van der Waals surface area contributed by atoms with Crippen LogP contribution >= 0.6 is 11.8 Å².